The Morgan fingerprint density at radius 1 is 1.24 bits per heavy atom. The number of halogens is 2. The third-order valence-corrected chi connectivity index (χ3v) is 2.86. The van der Waals surface area contributed by atoms with E-state index < -0.39 is 5.82 Å². The molecule has 0 aromatic heterocycles. The van der Waals surface area contributed by atoms with E-state index in [1.54, 1.807) is 6.21 Å². The first-order valence-electron chi connectivity index (χ1n) is 6.21. The Morgan fingerprint density at radius 3 is 2.71 bits per heavy atom. The van der Waals surface area contributed by atoms with Crippen LogP contribution in [0.3, 0.4) is 0 Å². The number of nitrogens with one attached hydrogen (secondary N) is 2. The van der Waals surface area contributed by atoms with Gasteiger partial charge in [0.15, 0.2) is 0 Å². The Kier molecular flexibility index (Phi) is 5.29. The van der Waals surface area contributed by atoms with Gasteiger partial charge in [0, 0.05) is 5.69 Å². The van der Waals surface area contributed by atoms with Crippen LogP contribution in [0.15, 0.2) is 53.6 Å². The summed E-state index contributed by atoms with van der Waals surface area (Å²) in [5.74, 6) is -0.818. The molecule has 0 aliphatic rings. The molecular formula is C15H13ClFN3O. The molecule has 0 atom stereocenters. The molecule has 2 N–H and O–H groups in total. The Bertz CT molecular complexity index is 647. The van der Waals surface area contributed by atoms with Crippen LogP contribution in [0.25, 0.3) is 0 Å². The van der Waals surface area contributed by atoms with Gasteiger partial charge in [0.1, 0.15) is 5.82 Å². The number of nitrogens with zero attached hydrogens (tertiary/aromatic N) is 1. The summed E-state index contributed by atoms with van der Waals surface area (Å²) in [4.78, 5) is 11.6. The lowest BCUT2D eigenvalue weighted by Crippen LogP contribution is -2.25. The highest BCUT2D eigenvalue weighted by molar-refractivity contribution is 6.31. The van der Waals surface area contributed by atoms with Gasteiger partial charge in [-0.2, -0.15) is 5.10 Å². The molecule has 0 saturated heterocycles. The Hall–Kier alpha value is -2.40. The summed E-state index contributed by atoms with van der Waals surface area (Å²) in [5.41, 5.74) is 3.83. The number of anilines is 1. The minimum Gasteiger partial charge on any atom is -0.376 e. The van der Waals surface area contributed by atoms with Crippen molar-refractivity contribution >= 4 is 29.4 Å². The summed E-state index contributed by atoms with van der Waals surface area (Å²) < 4.78 is 13.0. The number of hydrazone groups is 1. The van der Waals surface area contributed by atoms with Crippen LogP contribution in [0, 0.1) is 5.82 Å². The fourth-order valence-electron chi connectivity index (χ4n) is 1.55. The first kappa shape index (κ1) is 15.0. The largest absolute Gasteiger partial charge is 0.376 e. The number of rotatable bonds is 5. The zero-order chi connectivity index (χ0) is 15.1. The molecule has 2 aromatic rings. The van der Waals surface area contributed by atoms with Crippen molar-refractivity contribution < 1.29 is 9.18 Å². The summed E-state index contributed by atoms with van der Waals surface area (Å²) in [5, 5.41) is 6.66. The molecule has 2 rings (SSSR count). The van der Waals surface area contributed by atoms with Crippen molar-refractivity contribution in [2.45, 2.75) is 0 Å². The zero-order valence-electron chi connectivity index (χ0n) is 11.0. The minimum atomic E-state index is -0.501. The molecular weight excluding hydrogens is 293 g/mol. The zero-order valence-corrected chi connectivity index (χ0v) is 11.8. The van der Waals surface area contributed by atoms with E-state index >= 15 is 0 Å². The van der Waals surface area contributed by atoms with Gasteiger partial charge in [-0.25, -0.2) is 9.82 Å². The van der Waals surface area contributed by atoms with Crippen LogP contribution in [0.4, 0.5) is 10.1 Å². The second kappa shape index (κ2) is 7.40. The summed E-state index contributed by atoms with van der Waals surface area (Å²) in [6.45, 7) is 0.00803. The smallest absolute Gasteiger partial charge is 0.259 e. The lowest BCUT2D eigenvalue weighted by molar-refractivity contribution is -0.119. The number of carbonyl (C=O) groups excluding carboxylic acids is 1. The van der Waals surface area contributed by atoms with Crippen LogP contribution in [0.2, 0.25) is 5.02 Å². The van der Waals surface area contributed by atoms with Gasteiger partial charge in [0.2, 0.25) is 0 Å². The van der Waals surface area contributed by atoms with Gasteiger partial charge in [-0.1, -0.05) is 41.9 Å². The number of hydrogen-bond acceptors (Lipinski definition) is 3. The number of hydrogen-bond donors (Lipinski definition) is 2. The van der Waals surface area contributed by atoms with Crippen LogP contribution in [-0.2, 0) is 4.79 Å². The second-order valence-electron chi connectivity index (χ2n) is 4.19. The normalized spacial score (nSPS) is 10.6. The summed E-state index contributed by atoms with van der Waals surface area (Å²) in [7, 11) is 0. The van der Waals surface area contributed by atoms with Crippen molar-refractivity contribution in [3.63, 3.8) is 0 Å². The average Bonchev–Trinajstić information content (AvgIpc) is 2.49. The minimum absolute atomic E-state index is 0.00232. The van der Waals surface area contributed by atoms with Crippen LogP contribution in [0.5, 0.6) is 0 Å². The summed E-state index contributed by atoms with van der Waals surface area (Å²) in [6, 6.07) is 13.5. The molecule has 0 spiro atoms. The van der Waals surface area contributed by atoms with Crippen molar-refractivity contribution in [3.8, 4) is 0 Å². The van der Waals surface area contributed by atoms with Gasteiger partial charge in [-0.05, 0) is 23.8 Å². The SMILES string of the molecule is O=C(CNc1ccc(F)c(Cl)c1)N/N=C/c1ccccc1. The van der Waals surface area contributed by atoms with E-state index in [1.165, 1.54) is 18.2 Å². The molecule has 0 radical (unpaired) electrons. The molecule has 0 fully saturated rings. The van der Waals surface area contributed by atoms with Gasteiger partial charge < -0.3 is 5.32 Å². The molecule has 0 unspecified atom stereocenters. The molecule has 1 amide bonds. The number of benzene rings is 2. The molecule has 2 aromatic carbocycles. The maximum atomic E-state index is 13.0. The third kappa shape index (κ3) is 4.89. The van der Waals surface area contributed by atoms with E-state index in [1.807, 2.05) is 30.3 Å². The Morgan fingerprint density at radius 2 is 2.00 bits per heavy atom. The van der Waals surface area contributed by atoms with Crippen molar-refractivity contribution in [2.24, 2.45) is 5.10 Å². The highest BCUT2D eigenvalue weighted by Crippen LogP contribution is 2.18. The van der Waals surface area contributed by atoms with E-state index in [-0.39, 0.29) is 17.5 Å². The predicted octanol–water partition coefficient (Wildman–Crippen LogP) is 3.04. The molecule has 0 bridgehead atoms. The lowest BCUT2D eigenvalue weighted by Gasteiger charge is -2.05. The monoisotopic (exact) mass is 305 g/mol. The van der Waals surface area contributed by atoms with Gasteiger partial charge in [-0.15, -0.1) is 0 Å². The standard InChI is InChI=1S/C15H13ClFN3O/c16-13-8-12(6-7-14(13)17)18-10-15(21)20-19-9-11-4-2-1-3-5-11/h1-9,18H,10H2,(H,20,21)/b19-9+. The van der Waals surface area contributed by atoms with Gasteiger partial charge >= 0.3 is 0 Å². The third-order valence-electron chi connectivity index (χ3n) is 2.58. The summed E-state index contributed by atoms with van der Waals surface area (Å²) in [6.07, 6.45) is 1.55. The highest BCUT2D eigenvalue weighted by Gasteiger charge is 2.02. The van der Waals surface area contributed by atoms with Gasteiger partial charge in [0.25, 0.3) is 5.91 Å². The summed E-state index contributed by atoms with van der Waals surface area (Å²) >= 11 is 5.64. The van der Waals surface area contributed by atoms with Gasteiger partial charge in [-0.3, -0.25) is 4.79 Å². The van der Waals surface area contributed by atoms with E-state index in [2.05, 4.69) is 15.8 Å². The molecule has 108 valence electrons. The van der Waals surface area contributed by atoms with E-state index in [4.69, 9.17) is 11.6 Å². The molecule has 0 saturated carbocycles. The first-order valence-corrected chi connectivity index (χ1v) is 6.59. The molecule has 0 aliphatic heterocycles. The molecule has 4 nitrogen and oxygen atoms in total. The fraction of sp³-hybridized carbons (Fsp3) is 0.0667. The van der Waals surface area contributed by atoms with Crippen molar-refractivity contribution in [1.82, 2.24) is 5.43 Å². The fourth-order valence-corrected chi connectivity index (χ4v) is 1.73. The van der Waals surface area contributed by atoms with Crippen LogP contribution >= 0.6 is 11.6 Å². The van der Waals surface area contributed by atoms with E-state index in [0.717, 1.165) is 5.56 Å². The average molecular weight is 306 g/mol. The maximum absolute atomic E-state index is 13.0. The molecule has 6 heteroatoms. The Balaban J connectivity index is 1.79. The quantitative estimate of drug-likeness (QED) is 0.659. The van der Waals surface area contributed by atoms with E-state index in [0.29, 0.717) is 5.69 Å². The molecule has 0 heterocycles. The number of amides is 1. The first-order chi connectivity index (χ1) is 10.1. The molecule has 21 heavy (non-hydrogen) atoms. The van der Waals surface area contributed by atoms with Crippen LogP contribution in [-0.4, -0.2) is 18.7 Å². The van der Waals surface area contributed by atoms with Crippen LogP contribution in [0.1, 0.15) is 5.56 Å². The van der Waals surface area contributed by atoms with Crippen LogP contribution < -0.4 is 10.7 Å². The molecule has 0 aliphatic carbocycles. The van der Waals surface area contributed by atoms with Gasteiger partial charge in [0.05, 0.1) is 17.8 Å². The van der Waals surface area contributed by atoms with Crippen molar-refractivity contribution in [1.29, 1.82) is 0 Å². The van der Waals surface area contributed by atoms with Crippen molar-refractivity contribution in [3.05, 3.63) is 64.9 Å². The lowest BCUT2D eigenvalue weighted by atomic mass is 10.2. The second-order valence-corrected chi connectivity index (χ2v) is 4.59. The maximum Gasteiger partial charge on any atom is 0.259 e. The predicted molar refractivity (Wildman–Crippen MR) is 82.1 cm³/mol. The highest BCUT2D eigenvalue weighted by atomic mass is 35.5. The number of carbonyl (C=O) groups is 1. The van der Waals surface area contributed by atoms with Crippen molar-refractivity contribution in [2.75, 3.05) is 11.9 Å². The Labute approximate surface area is 126 Å². The van der Waals surface area contributed by atoms with E-state index in [9.17, 15) is 9.18 Å². The topological polar surface area (TPSA) is 53.5 Å².